The van der Waals surface area contributed by atoms with E-state index in [-0.39, 0.29) is 11.1 Å². The Morgan fingerprint density at radius 1 is 0.643 bits per heavy atom. The molecule has 0 unspecified atom stereocenters. The molecule has 0 aromatic heterocycles. The van der Waals surface area contributed by atoms with Crippen molar-refractivity contribution >= 4 is 0 Å². The first-order valence-corrected chi connectivity index (χ1v) is 5.54. The van der Waals surface area contributed by atoms with E-state index in [1.54, 1.807) is 0 Å². The summed E-state index contributed by atoms with van der Waals surface area (Å²) in [5, 5.41) is 16.2. The minimum Gasteiger partial charge on any atom is -0.158 e. The van der Waals surface area contributed by atoms with Gasteiger partial charge in [0.1, 0.15) is 11.1 Å². The average Bonchev–Trinajstić information content (AvgIpc) is 2.28. The Balaban J connectivity index is 3.12. The summed E-state index contributed by atoms with van der Waals surface area (Å²) < 4.78 is 0. The molecule has 0 saturated heterocycles. The van der Waals surface area contributed by atoms with Gasteiger partial charge in [-0.1, -0.05) is 27.7 Å². The molecule has 1 rings (SSSR count). The maximum atomic E-state index is 4.36. The standard InChI is InChI=1S/C10H20N4/c1-5-9(6-2)10(7-3,8-4)12-14-13-11-9/h5-8H2,1-4H3. The summed E-state index contributed by atoms with van der Waals surface area (Å²) in [6, 6.07) is 0. The third-order valence-electron chi connectivity index (χ3n) is 3.72. The molecule has 80 valence electrons. The second kappa shape index (κ2) is 4.15. The van der Waals surface area contributed by atoms with Gasteiger partial charge in [0.15, 0.2) is 0 Å². The number of hydrogen-bond acceptors (Lipinski definition) is 4. The molecule has 0 fully saturated rings. The van der Waals surface area contributed by atoms with Crippen molar-refractivity contribution in [3.8, 4) is 0 Å². The first kappa shape index (κ1) is 11.3. The Morgan fingerprint density at radius 3 is 1.14 bits per heavy atom. The monoisotopic (exact) mass is 196 g/mol. The van der Waals surface area contributed by atoms with Gasteiger partial charge in [-0.2, -0.15) is 10.2 Å². The molecular weight excluding hydrogens is 176 g/mol. The molecule has 1 aliphatic rings. The van der Waals surface area contributed by atoms with E-state index in [1.807, 2.05) is 0 Å². The zero-order valence-electron chi connectivity index (χ0n) is 9.62. The lowest BCUT2D eigenvalue weighted by molar-refractivity contribution is 0.158. The van der Waals surface area contributed by atoms with Crippen LogP contribution >= 0.6 is 0 Å². The SMILES string of the molecule is CCC1(CC)N=NN=NC1(CC)CC. The zero-order valence-corrected chi connectivity index (χ0v) is 9.62. The van der Waals surface area contributed by atoms with Crippen molar-refractivity contribution in [3.63, 3.8) is 0 Å². The molecule has 0 spiro atoms. The smallest absolute Gasteiger partial charge is 0.110 e. The van der Waals surface area contributed by atoms with Crippen molar-refractivity contribution < 1.29 is 0 Å². The summed E-state index contributed by atoms with van der Waals surface area (Å²) in [6.45, 7) is 8.62. The van der Waals surface area contributed by atoms with Crippen LogP contribution in [0.5, 0.6) is 0 Å². The fourth-order valence-electron chi connectivity index (χ4n) is 2.50. The van der Waals surface area contributed by atoms with E-state index in [0.29, 0.717) is 0 Å². The minimum absolute atomic E-state index is 0.127. The molecule has 1 aliphatic heterocycles. The van der Waals surface area contributed by atoms with Crippen LogP contribution in [0.15, 0.2) is 20.7 Å². The Hall–Kier alpha value is -0.800. The molecule has 0 bridgehead atoms. The lowest BCUT2D eigenvalue weighted by Gasteiger charge is -2.42. The third kappa shape index (κ3) is 1.37. The summed E-state index contributed by atoms with van der Waals surface area (Å²) in [7, 11) is 0. The molecular formula is C10H20N4. The Labute approximate surface area is 85.9 Å². The van der Waals surface area contributed by atoms with Gasteiger partial charge in [0.2, 0.25) is 0 Å². The van der Waals surface area contributed by atoms with Crippen LogP contribution in [0.25, 0.3) is 0 Å². The predicted molar refractivity (Wildman–Crippen MR) is 56.3 cm³/mol. The number of hydrogen-bond donors (Lipinski definition) is 0. The first-order chi connectivity index (χ1) is 6.70. The van der Waals surface area contributed by atoms with Crippen LogP contribution in [0.2, 0.25) is 0 Å². The van der Waals surface area contributed by atoms with Crippen molar-refractivity contribution in [2.45, 2.75) is 64.5 Å². The minimum atomic E-state index is -0.127. The van der Waals surface area contributed by atoms with Crippen LogP contribution in [-0.4, -0.2) is 11.1 Å². The predicted octanol–water partition coefficient (Wildman–Crippen LogP) is 3.94. The maximum absolute atomic E-state index is 4.36. The van der Waals surface area contributed by atoms with Crippen molar-refractivity contribution in [2.75, 3.05) is 0 Å². The Bertz CT molecular complexity index is 211. The first-order valence-electron chi connectivity index (χ1n) is 5.54. The normalized spacial score (nSPS) is 22.6. The van der Waals surface area contributed by atoms with Crippen LogP contribution in [0.4, 0.5) is 0 Å². The van der Waals surface area contributed by atoms with Crippen molar-refractivity contribution in [2.24, 2.45) is 20.7 Å². The summed E-state index contributed by atoms with van der Waals surface area (Å²) in [5.74, 6) is 0. The van der Waals surface area contributed by atoms with Gasteiger partial charge >= 0.3 is 0 Å². The van der Waals surface area contributed by atoms with Crippen LogP contribution in [0, 0.1) is 0 Å². The highest BCUT2D eigenvalue weighted by atomic mass is 15.5. The van der Waals surface area contributed by atoms with Crippen LogP contribution in [0.1, 0.15) is 53.4 Å². The lowest BCUT2D eigenvalue weighted by atomic mass is 9.70. The molecule has 0 atom stereocenters. The van der Waals surface area contributed by atoms with Gasteiger partial charge in [-0.05, 0) is 36.1 Å². The molecule has 0 N–H and O–H groups in total. The number of nitrogens with zero attached hydrogens (tertiary/aromatic N) is 4. The van der Waals surface area contributed by atoms with E-state index in [0.717, 1.165) is 25.7 Å². The molecule has 1 heterocycles. The molecule has 14 heavy (non-hydrogen) atoms. The van der Waals surface area contributed by atoms with Gasteiger partial charge in [-0.15, -0.1) is 0 Å². The summed E-state index contributed by atoms with van der Waals surface area (Å²) >= 11 is 0. The Morgan fingerprint density at radius 2 is 0.929 bits per heavy atom. The number of rotatable bonds is 4. The molecule has 0 aromatic rings. The van der Waals surface area contributed by atoms with Gasteiger partial charge in [0.25, 0.3) is 0 Å². The highest BCUT2D eigenvalue weighted by molar-refractivity contribution is 5.08. The van der Waals surface area contributed by atoms with E-state index in [9.17, 15) is 0 Å². The van der Waals surface area contributed by atoms with Gasteiger partial charge in [-0.3, -0.25) is 0 Å². The largest absolute Gasteiger partial charge is 0.158 e. The summed E-state index contributed by atoms with van der Waals surface area (Å²) in [4.78, 5) is 0. The maximum Gasteiger partial charge on any atom is 0.110 e. The lowest BCUT2D eigenvalue weighted by Crippen LogP contribution is -2.50. The van der Waals surface area contributed by atoms with Crippen LogP contribution in [0.3, 0.4) is 0 Å². The van der Waals surface area contributed by atoms with Crippen LogP contribution < -0.4 is 0 Å². The molecule has 0 amide bonds. The van der Waals surface area contributed by atoms with E-state index < -0.39 is 0 Å². The Kier molecular flexibility index (Phi) is 3.34. The van der Waals surface area contributed by atoms with Crippen molar-refractivity contribution in [1.29, 1.82) is 0 Å². The molecule has 0 saturated carbocycles. The quantitative estimate of drug-likeness (QED) is 0.654. The highest BCUT2D eigenvalue weighted by Crippen LogP contribution is 2.43. The zero-order chi connectivity index (χ0) is 10.7. The average molecular weight is 196 g/mol. The van der Waals surface area contributed by atoms with E-state index in [1.165, 1.54) is 0 Å². The highest BCUT2D eigenvalue weighted by Gasteiger charge is 2.49. The van der Waals surface area contributed by atoms with Gasteiger partial charge < -0.3 is 0 Å². The topological polar surface area (TPSA) is 49.4 Å². The van der Waals surface area contributed by atoms with E-state index in [2.05, 4.69) is 48.4 Å². The van der Waals surface area contributed by atoms with Crippen molar-refractivity contribution in [3.05, 3.63) is 0 Å². The molecule has 4 nitrogen and oxygen atoms in total. The van der Waals surface area contributed by atoms with Gasteiger partial charge in [0, 0.05) is 0 Å². The fourth-order valence-corrected chi connectivity index (χ4v) is 2.50. The van der Waals surface area contributed by atoms with Crippen molar-refractivity contribution in [1.82, 2.24) is 0 Å². The summed E-state index contributed by atoms with van der Waals surface area (Å²) in [5.41, 5.74) is -0.253. The molecule has 4 heteroatoms. The van der Waals surface area contributed by atoms with E-state index in [4.69, 9.17) is 0 Å². The van der Waals surface area contributed by atoms with Crippen LogP contribution in [-0.2, 0) is 0 Å². The van der Waals surface area contributed by atoms with Gasteiger partial charge in [-0.25, -0.2) is 0 Å². The van der Waals surface area contributed by atoms with E-state index >= 15 is 0 Å². The second-order valence-corrected chi connectivity index (χ2v) is 3.86. The van der Waals surface area contributed by atoms with Gasteiger partial charge in [0.05, 0.1) is 0 Å². The fraction of sp³-hybridized carbons (Fsp3) is 1.00. The second-order valence-electron chi connectivity index (χ2n) is 3.86. The third-order valence-corrected chi connectivity index (χ3v) is 3.72. The molecule has 0 radical (unpaired) electrons. The summed E-state index contributed by atoms with van der Waals surface area (Å²) in [6.07, 6.45) is 3.92. The molecule has 0 aliphatic carbocycles. The molecule has 0 aromatic carbocycles.